The number of amidine groups is 1. The summed E-state index contributed by atoms with van der Waals surface area (Å²) >= 11 is 7.70. The summed E-state index contributed by atoms with van der Waals surface area (Å²) in [6.45, 7) is 0.807. The second-order valence-corrected chi connectivity index (χ2v) is 4.94. The first-order chi connectivity index (χ1) is 6.75. The standard InChI is InChI=1S/C10H11ClN2S/c11-9-4-2-1-3-7(9)5-8-6-13-10(12)14-8/h1-4,8H,5-6H2,(H2,12,13). The van der Waals surface area contributed by atoms with Gasteiger partial charge in [0.15, 0.2) is 5.17 Å². The van der Waals surface area contributed by atoms with Crippen molar-refractivity contribution in [1.29, 1.82) is 0 Å². The molecule has 0 saturated carbocycles. The summed E-state index contributed by atoms with van der Waals surface area (Å²) in [5.41, 5.74) is 6.77. The molecular formula is C10H11ClN2S. The van der Waals surface area contributed by atoms with E-state index in [1.807, 2.05) is 18.2 Å². The highest BCUT2D eigenvalue weighted by Gasteiger charge is 2.18. The van der Waals surface area contributed by atoms with E-state index in [2.05, 4.69) is 11.1 Å². The topological polar surface area (TPSA) is 38.4 Å². The number of hydrogen-bond donors (Lipinski definition) is 1. The maximum atomic E-state index is 6.06. The quantitative estimate of drug-likeness (QED) is 0.841. The van der Waals surface area contributed by atoms with Gasteiger partial charge in [0.05, 0.1) is 6.54 Å². The lowest BCUT2D eigenvalue weighted by atomic mass is 10.1. The Labute approximate surface area is 92.5 Å². The number of nitrogens with zero attached hydrogens (tertiary/aromatic N) is 1. The van der Waals surface area contributed by atoms with Crippen molar-refractivity contribution in [2.24, 2.45) is 10.7 Å². The van der Waals surface area contributed by atoms with Gasteiger partial charge in [-0.1, -0.05) is 41.6 Å². The van der Waals surface area contributed by atoms with Crippen molar-refractivity contribution in [2.45, 2.75) is 11.7 Å². The van der Waals surface area contributed by atoms with Crippen molar-refractivity contribution >= 4 is 28.5 Å². The summed E-state index contributed by atoms with van der Waals surface area (Å²) in [4.78, 5) is 4.16. The molecule has 1 aliphatic rings. The number of benzene rings is 1. The molecule has 0 fully saturated rings. The highest BCUT2D eigenvalue weighted by atomic mass is 35.5. The number of halogens is 1. The molecule has 0 radical (unpaired) electrons. The predicted octanol–water partition coefficient (Wildman–Crippen LogP) is 2.31. The SMILES string of the molecule is NC1=NCC(Cc2ccccc2Cl)S1. The third-order valence-electron chi connectivity index (χ3n) is 2.14. The van der Waals surface area contributed by atoms with Crippen LogP contribution in [0.2, 0.25) is 5.02 Å². The summed E-state index contributed by atoms with van der Waals surface area (Å²) in [6, 6.07) is 7.92. The minimum absolute atomic E-state index is 0.454. The first kappa shape index (κ1) is 9.87. The second-order valence-electron chi connectivity index (χ2n) is 3.21. The van der Waals surface area contributed by atoms with Crippen LogP contribution < -0.4 is 5.73 Å². The molecule has 4 heteroatoms. The molecule has 0 spiro atoms. The first-order valence-electron chi connectivity index (χ1n) is 4.45. The lowest BCUT2D eigenvalue weighted by molar-refractivity contribution is 0.870. The monoisotopic (exact) mass is 226 g/mol. The lowest BCUT2D eigenvalue weighted by Crippen LogP contribution is -2.09. The van der Waals surface area contributed by atoms with E-state index in [0.717, 1.165) is 18.0 Å². The van der Waals surface area contributed by atoms with Crippen LogP contribution in [0.5, 0.6) is 0 Å². The van der Waals surface area contributed by atoms with Crippen LogP contribution in [0.3, 0.4) is 0 Å². The van der Waals surface area contributed by atoms with Crippen molar-refractivity contribution in [2.75, 3.05) is 6.54 Å². The molecule has 74 valence electrons. The summed E-state index contributed by atoms with van der Waals surface area (Å²) in [5, 5.41) is 1.98. The van der Waals surface area contributed by atoms with Crippen LogP contribution in [0.1, 0.15) is 5.56 Å². The van der Waals surface area contributed by atoms with Gasteiger partial charge in [0.25, 0.3) is 0 Å². The van der Waals surface area contributed by atoms with Gasteiger partial charge in [-0.3, -0.25) is 4.99 Å². The van der Waals surface area contributed by atoms with Crippen molar-refractivity contribution in [3.63, 3.8) is 0 Å². The molecule has 14 heavy (non-hydrogen) atoms. The Bertz CT molecular complexity index is 365. The summed E-state index contributed by atoms with van der Waals surface area (Å²) < 4.78 is 0. The maximum Gasteiger partial charge on any atom is 0.154 e. The van der Waals surface area contributed by atoms with E-state index in [1.54, 1.807) is 11.8 Å². The molecular weight excluding hydrogens is 216 g/mol. The molecule has 2 nitrogen and oxygen atoms in total. The molecule has 1 aromatic carbocycles. The van der Waals surface area contributed by atoms with Crippen LogP contribution in [-0.2, 0) is 6.42 Å². The van der Waals surface area contributed by atoms with E-state index in [9.17, 15) is 0 Å². The summed E-state index contributed by atoms with van der Waals surface area (Å²) in [7, 11) is 0. The number of thioether (sulfide) groups is 1. The van der Waals surface area contributed by atoms with Gasteiger partial charge in [0.1, 0.15) is 0 Å². The lowest BCUT2D eigenvalue weighted by Gasteiger charge is -2.08. The number of hydrogen-bond acceptors (Lipinski definition) is 3. The van der Waals surface area contributed by atoms with Crippen molar-refractivity contribution in [3.8, 4) is 0 Å². The van der Waals surface area contributed by atoms with Crippen LogP contribution in [0.4, 0.5) is 0 Å². The van der Waals surface area contributed by atoms with Gasteiger partial charge in [0, 0.05) is 10.3 Å². The van der Waals surface area contributed by atoms with E-state index in [4.69, 9.17) is 17.3 Å². The summed E-state index contributed by atoms with van der Waals surface area (Å²) in [5.74, 6) is 0. The Morgan fingerprint density at radius 3 is 2.93 bits per heavy atom. The third kappa shape index (κ3) is 2.22. The van der Waals surface area contributed by atoms with Crippen LogP contribution in [-0.4, -0.2) is 17.0 Å². The highest BCUT2D eigenvalue weighted by molar-refractivity contribution is 8.14. The minimum atomic E-state index is 0.454. The van der Waals surface area contributed by atoms with Gasteiger partial charge in [0.2, 0.25) is 0 Å². The summed E-state index contributed by atoms with van der Waals surface area (Å²) in [6.07, 6.45) is 0.939. The zero-order valence-electron chi connectivity index (χ0n) is 7.61. The van der Waals surface area contributed by atoms with Crippen LogP contribution in [0, 0.1) is 0 Å². The maximum absolute atomic E-state index is 6.06. The molecule has 2 rings (SSSR count). The Hall–Kier alpha value is -0.670. The van der Waals surface area contributed by atoms with Gasteiger partial charge in [-0.25, -0.2) is 0 Å². The fourth-order valence-corrected chi connectivity index (χ4v) is 2.57. The van der Waals surface area contributed by atoms with Crippen molar-refractivity contribution < 1.29 is 0 Å². The second kappa shape index (κ2) is 4.24. The van der Waals surface area contributed by atoms with E-state index in [1.165, 1.54) is 5.56 Å². The molecule has 0 bridgehead atoms. The first-order valence-corrected chi connectivity index (χ1v) is 5.71. The van der Waals surface area contributed by atoms with Gasteiger partial charge in [-0.05, 0) is 18.1 Å². The van der Waals surface area contributed by atoms with Gasteiger partial charge in [-0.2, -0.15) is 0 Å². The zero-order chi connectivity index (χ0) is 9.97. The molecule has 1 aliphatic heterocycles. The minimum Gasteiger partial charge on any atom is -0.379 e. The Balaban J connectivity index is 2.02. The molecule has 0 amide bonds. The van der Waals surface area contributed by atoms with Crippen LogP contribution in [0.15, 0.2) is 29.3 Å². The largest absolute Gasteiger partial charge is 0.379 e. The van der Waals surface area contributed by atoms with E-state index in [-0.39, 0.29) is 0 Å². The Kier molecular flexibility index (Phi) is 2.99. The Morgan fingerprint density at radius 2 is 2.29 bits per heavy atom. The predicted molar refractivity (Wildman–Crippen MR) is 63.0 cm³/mol. The highest BCUT2D eigenvalue weighted by Crippen LogP contribution is 2.25. The Morgan fingerprint density at radius 1 is 1.50 bits per heavy atom. The average Bonchev–Trinajstić information content (AvgIpc) is 2.56. The van der Waals surface area contributed by atoms with Gasteiger partial charge in [-0.15, -0.1) is 0 Å². The van der Waals surface area contributed by atoms with Crippen molar-refractivity contribution in [1.82, 2.24) is 0 Å². The molecule has 0 aliphatic carbocycles. The fraction of sp³-hybridized carbons (Fsp3) is 0.300. The van der Waals surface area contributed by atoms with E-state index < -0.39 is 0 Å². The molecule has 0 aromatic heterocycles. The number of nitrogens with two attached hydrogens (primary N) is 1. The third-order valence-corrected chi connectivity index (χ3v) is 3.53. The molecule has 1 unspecified atom stereocenters. The van der Waals surface area contributed by atoms with Crippen molar-refractivity contribution in [3.05, 3.63) is 34.9 Å². The van der Waals surface area contributed by atoms with Crippen LogP contribution >= 0.6 is 23.4 Å². The average molecular weight is 227 g/mol. The van der Waals surface area contributed by atoms with Gasteiger partial charge < -0.3 is 5.73 Å². The smallest absolute Gasteiger partial charge is 0.154 e. The molecule has 1 heterocycles. The number of rotatable bonds is 2. The normalized spacial score (nSPS) is 20.9. The van der Waals surface area contributed by atoms with Crippen LogP contribution in [0.25, 0.3) is 0 Å². The fourth-order valence-electron chi connectivity index (χ4n) is 1.45. The van der Waals surface area contributed by atoms with Gasteiger partial charge >= 0.3 is 0 Å². The molecule has 1 atom stereocenters. The van der Waals surface area contributed by atoms with E-state index in [0.29, 0.717) is 10.4 Å². The molecule has 0 saturated heterocycles. The molecule has 1 aromatic rings. The molecule has 2 N–H and O–H groups in total. The van der Waals surface area contributed by atoms with E-state index >= 15 is 0 Å². The number of aliphatic imine (C=N–C) groups is 1. The zero-order valence-corrected chi connectivity index (χ0v) is 9.18.